The van der Waals surface area contributed by atoms with E-state index in [1.54, 1.807) is 50.2 Å². The van der Waals surface area contributed by atoms with Crippen LogP contribution in [0.5, 0.6) is 0 Å². The van der Waals surface area contributed by atoms with E-state index in [1.807, 2.05) is 0 Å². The van der Waals surface area contributed by atoms with Crippen LogP contribution < -0.4 is 10.0 Å². The van der Waals surface area contributed by atoms with Gasteiger partial charge in [0.1, 0.15) is 6.54 Å². The maximum atomic E-state index is 12.3. The Hall–Kier alpha value is -3.04. The Labute approximate surface area is 169 Å². The van der Waals surface area contributed by atoms with E-state index in [4.69, 9.17) is 0 Å². The number of benzene rings is 2. The van der Waals surface area contributed by atoms with E-state index in [1.165, 1.54) is 12.1 Å². The Balaban J connectivity index is 1.63. The molecule has 0 fully saturated rings. The zero-order chi connectivity index (χ0) is 21.2. The van der Waals surface area contributed by atoms with Gasteiger partial charge in [0, 0.05) is 12.6 Å². The van der Waals surface area contributed by atoms with Crippen molar-refractivity contribution in [2.45, 2.75) is 31.3 Å². The number of rotatable bonds is 7. The predicted octanol–water partition coefficient (Wildman–Crippen LogP) is 1.29. The van der Waals surface area contributed by atoms with Crippen molar-refractivity contribution in [2.24, 2.45) is 0 Å². The molecule has 2 aromatic rings. The molecule has 0 saturated carbocycles. The van der Waals surface area contributed by atoms with Gasteiger partial charge in [-0.2, -0.15) is 0 Å². The van der Waals surface area contributed by atoms with Gasteiger partial charge in [0.25, 0.3) is 11.8 Å². The predicted molar refractivity (Wildman–Crippen MR) is 106 cm³/mol. The molecule has 0 atom stereocenters. The average Bonchev–Trinajstić information content (AvgIpc) is 2.91. The number of amides is 3. The molecule has 8 nitrogen and oxygen atoms in total. The quantitative estimate of drug-likeness (QED) is 0.662. The summed E-state index contributed by atoms with van der Waals surface area (Å²) in [6, 6.07) is 12.3. The maximum absolute atomic E-state index is 12.3. The van der Waals surface area contributed by atoms with Crippen LogP contribution in [0.4, 0.5) is 0 Å². The summed E-state index contributed by atoms with van der Waals surface area (Å²) < 4.78 is 27.0. The van der Waals surface area contributed by atoms with Gasteiger partial charge >= 0.3 is 0 Å². The summed E-state index contributed by atoms with van der Waals surface area (Å²) >= 11 is 0. The molecule has 0 unspecified atom stereocenters. The number of fused-ring (bicyclic) bond motifs is 1. The van der Waals surface area contributed by atoms with Crippen molar-refractivity contribution in [2.75, 3.05) is 6.54 Å². The average molecular weight is 415 g/mol. The normalized spacial score (nSPS) is 13.7. The van der Waals surface area contributed by atoms with Crippen LogP contribution in [-0.4, -0.2) is 43.6 Å². The van der Waals surface area contributed by atoms with Crippen LogP contribution in [0.3, 0.4) is 0 Å². The molecule has 1 aliphatic heterocycles. The van der Waals surface area contributed by atoms with Crippen molar-refractivity contribution in [3.8, 4) is 0 Å². The molecule has 2 aromatic carbocycles. The van der Waals surface area contributed by atoms with Crippen LogP contribution in [0.25, 0.3) is 0 Å². The van der Waals surface area contributed by atoms with E-state index >= 15 is 0 Å². The molecule has 0 spiro atoms. The summed E-state index contributed by atoms with van der Waals surface area (Å²) in [6.07, 6.45) is 0. The summed E-state index contributed by atoms with van der Waals surface area (Å²) in [5, 5.41) is 2.61. The number of carbonyl (C=O) groups is 3. The number of hydrogen-bond donors (Lipinski definition) is 2. The van der Waals surface area contributed by atoms with Crippen molar-refractivity contribution in [3.63, 3.8) is 0 Å². The topological polar surface area (TPSA) is 113 Å². The molecule has 2 N–H and O–H groups in total. The molecular weight excluding hydrogens is 394 g/mol. The molecular formula is C20H21N3O5S. The highest BCUT2D eigenvalue weighted by molar-refractivity contribution is 7.89. The van der Waals surface area contributed by atoms with Crippen LogP contribution >= 0.6 is 0 Å². The second-order valence-corrected chi connectivity index (χ2v) is 8.66. The van der Waals surface area contributed by atoms with Gasteiger partial charge in [-0.05, 0) is 43.7 Å². The van der Waals surface area contributed by atoms with Gasteiger partial charge in [0.05, 0.1) is 16.0 Å². The highest BCUT2D eigenvalue weighted by atomic mass is 32.2. The highest BCUT2D eigenvalue weighted by Crippen LogP contribution is 2.22. The number of nitrogens with one attached hydrogen (secondary N) is 2. The van der Waals surface area contributed by atoms with E-state index in [0.717, 1.165) is 4.90 Å². The highest BCUT2D eigenvalue weighted by Gasteiger charge is 2.36. The lowest BCUT2D eigenvalue weighted by Crippen LogP contribution is -2.40. The molecule has 3 amide bonds. The third-order valence-corrected chi connectivity index (χ3v) is 5.93. The molecule has 0 bridgehead atoms. The fraction of sp³-hybridized carbons (Fsp3) is 0.250. The van der Waals surface area contributed by atoms with Crippen LogP contribution in [0, 0.1) is 0 Å². The van der Waals surface area contributed by atoms with Crippen LogP contribution in [0.15, 0.2) is 53.4 Å². The van der Waals surface area contributed by atoms with Crippen molar-refractivity contribution in [1.29, 1.82) is 0 Å². The third kappa shape index (κ3) is 4.52. The van der Waals surface area contributed by atoms with Crippen molar-refractivity contribution in [1.82, 2.24) is 14.9 Å². The Morgan fingerprint density at radius 1 is 1.00 bits per heavy atom. The summed E-state index contributed by atoms with van der Waals surface area (Å²) in [6.45, 7) is 3.11. The summed E-state index contributed by atoms with van der Waals surface area (Å²) in [5.74, 6) is -1.53. The zero-order valence-corrected chi connectivity index (χ0v) is 16.8. The number of imide groups is 1. The minimum Gasteiger partial charge on any atom is -0.350 e. The lowest BCUT2D eigenvalue weighted by Gasteiger charge is -2.14. The Bertz CT molecular complexity index is 1040. The minimum atomic E-state index is -3.64. The molecule has 9 heteroatoms. The lowest BCUT2D eigenvalue weighted by atomic mass is 10.1. The van der Waals surface area contributed by atoms with Crippen molar-refractivity contribution >= 4 is 27.7 Å². The van der Waals surface area contributed by atoms with Gasteiger partial charge in [-0.15, -0.1) is 0 Å². The van der Waals surface area contributed by atoms with Gasteiger partial charge in [0.2, 0.25) is 15.9 Å². The Morgan fingerprint density at radius 3 is 2.21 bits per heavy atom. The second-order valence-electron chi connectivity index (χ2n) is 6.94. The van der Waals surface area contributed by atoms with E-state index in [2.05, 4.69) is 10.0 Å². The van der Waals surface area contributed by atoms with Gasteiger partial charge in [-0.1, -0.05) is 24.3 Å². The SMILES string of the molecule is CC(C)NS(=O)(=O)c1cccc(CNC(=O)CN2C(=O)c3ccccc3C2=O)c1. The molecule has 1 aliphatic rings. The Kier molecular flexibility index (Phi) is 5.81. The third-order valence-electron chi connectivity index (χ3n) is 4.27. The number of hydrogen-bond acceptors (Lipinski definition) is 5. The second kappa shape index (κ2) is 8.14. The zero-order valence-electron chi connectivity index (χ0n) is 16.0. The first-order chi connectivity index (χ1) is 13.7. The van der Waals surface area contributed by atoms with Crippen LogP contribution in [0.1, 0.15) is 40.1 Å². The molecule has 0 aromatic heterocycles. The molecule has 0 aliphatic carbocycles. The fourth-order valence-corrected chi connectivity index (χ4v) is 4.30. The first-order valence-corrected chi connectivity index (χ1v) is 10.5. The van der Waals surface area contributed by atoms with E-state index < -0.39 is 34.3 Å². The first kappa shape index (κ1) is 20.7. The number of sulfonamides is 1. The van der Waals surface area contributed by atoms with Gasteiger partial charge in [-0.25, -0.2) is 13.1 Å². The molecule has 3 rings (SSSR count). The Morgan fingerprint density at radius 2 is 1.62 bits per heavy atom. The fourth-order valence-electron chi connectivity index (χ4n) is 2.98. The largest absolute Gasteiger partial charge is 0.350 e. The van der Waals surface area contributed by atoms with Gasteiger partial charge in [0.15, 0.2) is 0 Å². The monoisotopic (exact) mass is 415 g/mol. The first-order valence-electron chi connectivity index (χ1n) is 9.02. The number of nitrogens with zero attached hydrogens (tertiary/aromatic N) is 1. The molecule has 0 saturated heterocycles. The smallest absolute Gasteiger partial charge is 0.262 e. The molecule has 29 heavy (non-hydrogen) atoms. The number of carbonyl (C=O) groups excluding carboxylic acids is 3. The maximum Gasteiger partial charge on any atom is 0.262 e. The minimum absolute atomic E-state index is 0.0625. The van der Waals surface area contributed by atoms with E-state index in [-0.39, 0.29) is 28.6 Å². The van der Waals surface area contributed by atoms with E-state index in [9.17, 15) is 22.8 Å². The standard InChI is InChI=1S/C20H21N3O5S/c1-13(2)22-29(27,28)15-7-5-6-14(10-15)11-21-18(24)12-23-19(25)16-8-3-4-9-17(16)20(23)26/h3-10,13,22H,11-12H2,1-2H3,(H,21,24). The van der Waals surface area contributed by atoms with Crippen molar-refractivity contribution in [3.05, 3.63) is 65.2 Å². The van der Waals surface area contributed by atoms with Crippen molar-refractivity contribution < 1.29 is 22.8 Å². The van der Waals surface area contributed by atoms with Crippen LogP contribution in [0.2, 0.25) is 0 Å². The molecule has 152 valence electrons. The van der Waals surface area contributed by atoms with Gasteiger partial charge in [-0.3, -0.25) is 19.3 Å². The molecule has 1 heterocycles. The summed E-state index contributed by atoms with van der Waals surface area (Å²) in [4.78, 5) is 37.9. The lowest BCUT2D eigenvalue weighted by molar-refractivity contribution is -0.121. The summed E-state index contributed by atoms with van der Waals surface area (Å²) in [7, 11) is -3.64. The summed E-state index contributed by atoms with van der Waals surface area (Å²) in [5.41, 5.74) is 1.13. The van der Waals surface area contributed by atoms with Crippen LogP contribution in [-0.2, 0) is 21.4 Å². The van der Waals surface area contributed by atoms with Gasteiger partial charge < -0.3 is 5.32 Å². The van der Waals surface area contributed by atoms with E-state index in [0.29, 0.717) is 5.56 Å². The molecule has 0 radical (unpaired) electrons.